The summed E-state index contributed by atoms with van der Waals surface area (Å²) in [6, 6.07) is 78.7. The first kappa shape index (κ1) is 51.2. The van der Waals surface area contributed by atoms with Crippen molar-refractivity contribution in [2.24, 2.45) is 15.0 Å². The number of rotatable bonds is 11. The third-order valence-electron chi connectivity index (χ3n) is 17.7. The lowest BCUT2D eigenvalue weighted by atomic mass is 9.84. The molecule has 2 aliphatic heterocycles. The summed E-state index contributed by atoms with van der Waals surface area (Å²) < 4.78 is 5.02. The summed E-state index contributed by atoms with van der Waals surface area (Å²) >= 11 is 0. The first-order valence-corrected chi connectivity index (χ1v) is 30.2. The van der Waals surface area contributed by atoms with Crippen molar-refractivity contribution in [1.29, 1.82) is 0 Å². The summed E-state index contributed by atoms with van der Waals surface area (Å²) in [7, 11) is 0. The molecule has 9 aromatic carbocycles. The number of para-hydroxylation sites is 2. The number of allylic oxidation sites excluding steroid dienone is 10. The molecule has 8 heteroatoms. The van der Waals surface area contributed by atoms with Crippen molar-refractivity contribution in [2.45, 2.75) is 56.5 Å². The molecule has 0 amide bonds. The zero-order valence-corrected chi connectivity index (χ0v) is 47.5. The van der Waals surface area contributed by atoms with Crippen LogP contribution in [0.4, 0.5) is 0 Å². The highest BCUT2D eigenvalue weighted by Gasteiger charge is 2.33. The van der Waals surface area contributed by atoms with Crippen LogP contribution in [-0.4, -0.2) is 32.8 Å². The Balaban J connectivity index is 0.994. The van der Waals surface area contributed by atoms with Crippen LogP contribution in [0.15, 0.2) is 299 Å². The number of nitrogens with zero attached hydrogens (tertiary/aromatic N) is 6. The Morgan fingerprint density at radius 3 is 2.00 bits per heavy atom. The summed E-state index contributed by atoms with van der Waals surface area (Å²) in [5.41, 5.74) is 18.9. The Morgan fingerprint density at radius 2 is 1.23 bits per heavy atom. The molecule has 4 atom stereocenters. The predicted octanol–water partition coefficient (Wildman–Crippen LogP) is 18.4. The molecular weight excluding hydrogens is 1050 g/mol. The molecular formula is C78H61N8-. The van der Waals surface area contributed by atoms with Gasteiger partial charge in [-0.3, -0.25) is 10.3 Å². The Morgan fingerprint density at radius 1 is 0.512 bits per heavy atom. The summed E-state index contributed by atoms with van der Waals surface area (Å²) in [5.74, 6) is 2.27. The largest absolute Gasteiger partial charge is 0.438 e. The minimum absolute atomic E-state index is 0.138. The van der Waals surface area contributed by atoms with E-state index in [4.69, 9.17) is 20.3 Å². The molecule has 5 aliphatic rings. The fourth-order valence-electron chi connectivity index (χ4n) is 13.5. The zero-order chi connectivity index (χ0) is 56.9. The average molecular weight is 1110 g/mol. The number of hydrogen-bond acceptors (Lipinski definition) is 5. The summed E-state index contributed by atoms with van der Waals surface area (Å²) in [6.45, 7) is 0. The SMILES string of the molecule is C1=CCCC(C2N=C(C3=CC=CCC3c3ccccc3)NC(c3ccc(-n4c5ccc(-c6ccccc6)cc5c5cc(C6=CCCC=C6)c6c(c7ccccc7n6-c6ccccc6)c54)c(C4=NC(c5ccccc5)[N-]C(c5ccccc5)=N4)c3)N2)=C1. The third-order valence-corrected chi connectivity index (χ3v) is 17.7. The van der Waals surface area contributed by atoms with Crippen LogP contribution < -0.4 is 10.6 Å². The number of aromatic nitrogens is 2. The summed E-state index contributed by atoms with van der Waals surface area (Å²) in [5, 5.41) is 18.1. The molecule has 0 spiro atoms. The molecule has 0 radical (unpaired) electrons. The molecule has 0 bridgehead atoms. The standard InChI is InChI=1S/C78H61N8/c1-8-26-51(27-9-1)57-44-46-68-64(48-57)65-50-63(53-30-12-3-13-31-53)71-70(62-42-24-25-43-67(62)85(71)59-38-20-7-21-39-59)72(65)86(68)69-47-45-58(49-66(69)78-82-73(54-32-14-4-15-33-54)79-74(83-78)55-34-16-5-17-35-55)76-80-75(56-36-18-6-19-37-56)81-77(84-76)61-41-23-22-40-60(61)52-28-10-2-11-29-52/h1-2,4-12,14-18,20-36,38-39,41-50,60,73,75-76,80H,3,13,19,37,40H2,(H-,79,81,82,83,84)/q-1. The highest BCUT2D eigenvalue weighted by Crippen LogP contribution is 2.48. The minimum atomic E-state index is -0.557. The highest BCUT2D eigenvalue weighted by molar-refractivity contribution is 6.29. The van der Waals surface area contributed by atoms with E-state index in [2.05, 4.69) is 287 Å². The van der Waals surface area contributed by atoms with Crippen molar-refractivity contribution in [3.8, 4) is 22.5 Å². The normalized spacial score (nSPS) is 19.3. The molecule has 0 fully saturated rings. The van der Waals surface area contributed by atoms with Gasteiger partial charge in [0.15, 0.2) is 0 Å². The maximum absolute atomic E-state index is 5.65. The second-order valence-corrected chi connectivity index (χ2v) is 22.8. The number of hydrogen-bond donors (Lipinski definition) is 2. The van der Waals surface area contributed by atoms with Crippen LogP contribution in [0.3, 0.4) is 0 Å². The van der Waals surface area contributed by atoms with Crippen molar-refractivity contribution < 1.29 is 0 Å². The van der Waals surface area contributed by atoms with E-state index in [0.717, 1.165) is 105 Å². The Labute approximate surface area is 500 Å². The van der Waals surface area contributed by atoms with Crippen molar-refractivity contribution >= 4 is 66.7 Å². The van der Waals surface area contributed by atoms with Crippen molar-refractivity contribution in [1.82, 2.24) is 19.8 Å². The average Bonchev–Trinajstić information content (AvgIpc) is 1.56. The number of amidine groups is 3. The second-order valence-electron chi connectivity index (χ2n) is 22.8. The number of aliphatic imine (C=N–C) groups is 3. The molecule has 4 unspecified atom stereocenters. The minimum Gasteiger partial charge on any atom is -0.438 e. The number of nitrogens with one attached hydrogen (secondary N) is 2. The van der Waals surface area contributed by atoms with Gasteiger partial charge in [-0.2, -0.15) is 0 Å². The van der Waals surface area contributed by atoms with Gasteiger partial charge in [0.05, 0.1) is 39.8 Å². The van der Waals surface area contributed by atoms with Gasteiger partial charge in [0.1, 0.15) is 18.2 Å². The lowest BCUT2D eigenvalue weighted by molar-refractivity contribution is 0.423. The van der Waals surface area contributed by atoms with Gasteiger partial charge in [-0.15, -0.1) is 0 Å². The molecule has 8 nitrogen and oxygen atoms in total. The Hall–Kier alpha value is -10.4. The van der Waals surface area contributed by atoms with Gasteiger partial charge in [0.25, 0.3) is 0 Å². The van der Waals surface area contributed by atoms with Crippen LogP contribution in [0, 0.1) is 0 Å². The highest BCUT2D eigenvalue weighted by atomic mass is 15.3. The van der Waals surface area contributed by atoms with Crippen molar-refractivity contribution in [3.63, 3.8) is 0 Å². The monoisotopic (exact) mass is 1110 g/mol. The summed E-state index contributed by atoms with van der Waals surface area (Å²) in [4.78, 5) is 16.8. The number of benzene rings is 9. The van der Waals surface area contributed by atoms with Crippen LogP contribution in [0.1, 0.15) is 83.7 Å². The van der Waals surface area contributed by atoms with E-state index in [1.165, 1.54) is 49.6 Å². The summed E-state index contributed by atoms with van der Waals surface area (Å²) in [6.07, 6.45) is 24.1. The quantitative estimate of drug-likeness (QED) is 0.135. The molecule has 0 saturated carbocycles. The van der Waals surface area contributed by atoms with Crippen LogP contribution in [0.5, 0.6) is 0 Å². The van der Waals surface area contributed by atoms with E-state index in [9.17, 15) is 0 Å². The molecule has 4 heterocycles. The molecule has 11 aromatic rings. The van der Waals surface area contributed by atoms with E-state index in [1.54, 1.807) is 0 Å². The van der Waals surface area contributed by atoms with Crippen molar-refractivity contribution in [3.05, 3.63) is 323 Å². The molecule has 2 N–H and O–H groups in total. The predicted molar refractivity (Wildman–Crippen MR) is 357 cm³/mol. The van der Waals surface area contributed by atoms with Gasteiger partial charge in [-0.1, -0.05) is 230 Å². The van der Waals surface area contributed by atoms with Gasteiger partial charge in [0.2, 0.25) is 0 Å². The van der Waals surface area contributed by atoms with Gasteiger partial charge in [-0.25, -0.2) is 4.99 Å². The van der Waals surface area contributed by atoms with Gasteiger partial charge >= 0.3 is 0 Å². The smallest absolute Gasteiger partial charge is 0.128 e. The fraction of sp³-hybridized carbons (Fsp3) is 0.115. The second kappa shape index (κ2) is 22.0. The fourth-order valence-corrected chi connectivity index (χ4v) is 13.5. The van der Waals surface area contributed by atoms with Gasteiger partial charge in [0, 0.05) is 49.9 Å². The van der Waals surface area contributed by atoms with Crippen molar-refractivity contribution in [2.75, 3.05) is 0 Å². The molecule has 414 valence electrons. The van der Waals surface area contributed by atoms with E-state index in [0.29, 0.717) is 11.7 Å². The molecule has 2 aromatic heterocycles. The van der Waals surface area contributed by atoms with Gasteiger partial charge < -0.3 is 24.8 Å². The zero-order valence-electron chi connectivity index (χ0n) is 47.5. The van der Waals surface area contributed by atoms with Crippen LogP contribution in [0.2, 0.25) is 0 Å². The van der Waals surface area contributed by atoms with Crippen LogP contribution >= 0.6 is 0 Å². The Bertz CT molecular complexity index is 4750. The molecule has 86 heavy (non-hydrogen) atoms. The lowest BCUT2D eigenvalue weighted by Crippen LogP contribution is -2.50. The van der Waals surface area contributed by atoms with E-state index in [1.807, 2.05) is 6.07 Å². The third kappa shape index (κ3) is 9.17. The molecule has 0 saturated heterocycles. The first-order chi connectivity index (χ1) is 42.7. The number of fused-ring (bicyclic) bond motifs is 7. The van der Waals surface area contributed by atoms with Crippen LogP contribution in [0.25, 0.3) is 77.0 Å². The Kier molecular flexibility index (Phi) is 13.1. The van der Waals surface area contributed by atoms with E-state index < -0.39 is 6.17 Å². The van der Waals surface area contributed by atoms with Crippen LogP contribution in [-0.2, 0) is 0 Å². The maximum atomic E-state index is 5.65. The lowest BCUT2D eigenvalue weighted by Gasteiger charge is -2.36. The van der Waals surface area contributed by atoms with E-state index >= 15 is 0 Å². The maximum Gasteiger partial charge on any atom is 0.128 e. The molecule has 3 aliphatic carbocycles. The first-order valence-electron chi connectivity index (χ1n) is 30.2. The molecule has 16 rings (SSSR count). The van der Waals surface area contributed by atoms with Gasteiger partial charge in [-0.05, 0) is 125 Å². The van der Waals surface area contributed by atoms with E-state index in [-0.39, 0.29) is 18.2 Å². The topological polar surface area (TPSA) is 85.1 Å².